The Balaban J connectivity index is 1.51. The van der Waals surface area contributed by atoms with Gasteiger partial charge in [-0.1, -0.05) is 42.5 Å². The summed E-state index contributed by atoms with van der Waals surface area (Å²) in [6, 6.07) is 22.8. The van der Waals surface area contributed by atoms with Gasteiger partial charge in [-0.05, 0) is 59.7 Å². The molecular formula is C24H20N4O3S. The van der Waals surface area contributed by atoms with E-state index >= 15 is 0 Å². The van der Waals surface area contributed by atoms with Gasteiger partial charge in [-0.25, -0.2) is 0 Å². The normalized spacial score (nSPS) is 11.8. The molecule has 0 unspecified atom stereocenters. The van der Waals surface area contributed by atoms with E-state index in [0.29, 0.717) is 22.5 Å². The lowest BCUT2D eigenvalue weighted by Gasteiger charge is -2.09. The van der Waals surface area contributed by atoms with Crippen molar-refractivity contribution in [2.75, 3.05) is 5.32 Å². The molecule has 0 fully saturated rings. The third kappa shape index (κ3) is 4.81. The highest BCUT2D eigenvalue weighted by molar-refractivity contribution is 7.89. The van der Waals surface area contributed by atoms with Crippen molar-refractivity contribution in [2.24, 2.45) is 5.10 Å². The number of benzene rings is 3. The van der Waals surface area contributed by atoms with E-state index in [1.807, 2.05) is 24.3 Å². The summed E-state index contributed by atoms with van der Waals surface area (Å²) in [7, 11) is -3.83. The fourth-order valence-electron chi connectivity index (χ4n) is 3.10. The second-order valence-corrected chi connectivity index (χ2v) is 8.74. The molecule has 4 aromatic rings. The molecular weight excluding hydrogens is 424 g/mol. The van der Waals surface area contributed by atoms with Gasteiger partial charge in [0, 0.05) is 18.1 Å². The van der Waals surface area contributed by atoms with Crippen LogP contribution in [0, 0.1) is 0 Å². The van der Waals surface area contributed by atoms with Gasteiger partial charge in [0.2, 0.25) is 0 Å². The number of rotatable bonds is 6. The fraction of sp³-hybridized carbons (Fsp3) is 0.0417. The number of hydrogen-bond donors (Lipinski definition) is 2. The molecule has 0 saturated carbocycles. The van der Waals surface area contributed by atoms with Gasteiger partial charge in [0.1, 0.15) is 0 Å². The minimum Gasteiger partial charge on any atom is -0.322 e. The second-order valence-electron chi connectivity index (χ2n) is 7.08. The summed E-state index contributed by atoms with van der Waals surface area (Å²) >= 11 is 0. The maximum Gasteiger partial charge on any atom is 0.276 e. The Morgan fingerprint density at radius 3 is 2.44 bits per heavy atom. The first kappa shape index (κ1) is 21.2. The van der Waals surface area contributed by atoms with E-state index < -0.39 is 10.0 Å². The van der Waals surface area contributed by atoms with Crippen LogP contribution in [-0.2, 0) is 10.0 Å². The first-order valence-corrected chi connectivity index (χ1v) is 11.3. The van der Waals surface area contributed by atoms with E-state index in [1.54, 1.807) is 67.7 Å². The number of hydrazone groups is 1. The number of carbonyl (C=O) groups excluding carboxylic acids is 1. The Hall–Kier alpha value is -4.04. The molecule has 0 radical (unpaired) electrons. The second kappa shape index (κ2) is 8.99. The van der Waals surface area contributed by atoms with Crippen molar-refractivity contribution in [3.63, 3.8) is 0 Å². The first-order chi connectivity index (χ1) is 15.4. The average Bonchev–Trinajstić information content (AvgIpc) is 2.83. The third-order valence-electron chi connectivity index (χ3n) is 4.83. The molecule has 0 bridgehead atoms. The van der Waals surface area contributed by atoms with E-state index in [4.69, 9.17) is 0 Å². The average molecular weight is 445 g/mol. The van der Waals surface area contributed by atoms with E-state index in [-0.39, 0.29) is 10.8 Å². The molecule has 7 nitrogen and oxygen atoms in total. The van der Waals surface area contributed by atoms with Crippen LogP contribution in [0.15, 0.2) is 101 Å². The molecule has 32 heavy (non-hydrogen) atoms. The highest BCUT2D eigenvalue weighted by Crippen LogP contribution is 2.19. The van der Waals surface area contributed by atoms with Crippen molar-refractivity contribution in [1.82, 2.24) is 9.82 Å². The van der Waals surface area contributed by atoms with Crippen LogP contribution in [0.2, 0.25) is 0 Å². The lowest BCUT2D eigenvalue weighted by Crippen LogP contribution is -2.20. The predicted molar refractivity (Wildman–Crippen MR) is 125 cm³/mol. The summed E-state index contributed by atoms with van der Waals surface area (Å²) in [6.07, 6.45) is 3.07. The van der Waals surface area contributed by atoms with E-state index in [2.05, 4.69) is 20.2 Å². The first-order valence-electron chi connectivity index (χ1n) is 9.79. The van der Waals surface area contributed by atoms with Gasteiger partial charge in [-0.2, -0.15) is 18.4 Å². The number of carbonyl (C=O) groups is 1. The lowest BCUT2D eigenvalue weighted by atomic mass is 10.1. The standard InChI is InChI=1S/C24H20N4O3S/c1-17(19-8-4-10-22(14-19)26-24(29)21-9-5-13-25-16-21)27-28-32(30,31)23-12-11-18-6-2-3-7-20(18)15-23/h2-16,28H,1H3,(H,26,29)/b27-17-. The minimum absolute atomic E-state index is 0.130. The number of nitrogens with zero attached hydrogens (tertiary/aromatic N) is 2. The minimum atomic E-state index is -3.83. The van der Waals surface area contributed by atoms with Crippen LogP contribution in [0.5, 0.6) is 0 Å². The van der Waals surface area contributed by atoms with Gasteiger partial charge in [-0.15, -0.1) is 0 Å². The smallest absolute Gasteiger partial charge is 0.276 e. The van der Waals surface area contributed by atoms with E-state index in [1.165, 1.54) is 6.20 Å². The topological polar surface area (TPSA) is 101 Å². The fourth-order valence-corrected chi connectivity index (χ4v) is 3.99. The van der Waals surface area contributed by atoms with Crippen LogP contribution in [0.3, 0.4) is 0 Å². The van der Waals surface area contributed by atoms with Gasteiger partial charge in [0.05, 0.1) is 16.2 Å². The molecule has 3 aromatic carbocycles. The Morgan fingerprint density at radius 2 is 1.66 bits per heavy atom. The molecule has 0 atom stereocenters. The Labute approximate surface area is 185 Å². The molecule has 0 aliphatic heterocycles. The zero-order valence-corrected chi connectivity index (χ0v) is 18.0. The summed E-state index contributed by atoms with van der Waals surface area (Å²) < 4.78 is 25.4. The predicted octanol–water partition coefficient (Wildman–Crippen LogP) is 4.19. The number of aromatic nitrogens is 1. The molecule has 1 amide bonds. The maximum atomic E-state index is 12.7. The largest absolute Gasteiger partial charge is 0.322 e. The van der Waals surface area contributed by atoms with Gasteiger partial charge >= 0.3 is 0 Å². The number of hydrogen-bond acceptors (Lipinski definition) is 5. The van der Waals surface area contributed by atoms with Crippen LogP contribution < -0.4 is 10.1 Å². The van der Waals surface area contributed by atoms with Gasteiger partial charge in [-0.3, -0.25) is 9.78 Å². The van der Waals surface area contributed by atoms with Crippen LogP contribution in [0.1, 0.15) is 22.8 Å². The SMILES string of the molecule is C/C(=N/NS(=O)(=O)c1ccc2ccccc2c1)c1cccc(NC(=O)c2cccnc2)c1. The molecule has 0 saturated heterocycles. The van der Waals surface area contributed by atoms with Crippen molar-refractivity contribution in [2.45, 2.75) is 11.8 Å². The van der Waals surface area contributed by atoms with Crippen LogP contribution in [0.25, 0.3) is 10.8 Å². The lowest BCUT2D eigenvalue weighted by molar-refractivity contribution is 0.102. The molecule has 0 spiro atoms. The molecule has 4 rings (SSSR count). The van der Waals surface area contributed by atoms with Crippen molar-refractivity contribution >= 4 is 38.1 Å². The summed E-state index contributed by atoms with van der Waals surface area (Å²) in [5.74, 6) is -0.290. The quantitative estimate of drug-likeness (QED) is 0.344. The van der Waals surface area contributed by atoms with Crippen molar-refractivity contribution < 1.29 is 13.2 Å². The van der Waals surface area contributed by atoms with Gasteiger partial charge in [0.15, 0.2) is 0 Å². The highest BCUT2D eigenvalue weighted by atomic mass is 32.2. The number of pyridine rings is 1. The van der Waals surface area contributed by atoms with Gasteiger partial charge < -0.3 is 5.32 Å². The number of fused-ring (bicyclic) bond motifs is 1. The van der Waals surface area contributed by atoms with Crippen molar-refractivity contribution in [3.05, 3.63) is 102 Å². The summed E-state index contributed by atoms with van der Waals surface area (Å²) in [5, 5.41) is 8.63. The maximum absolute atomic E-state index is 12.7. The van der Waals surface area contributed by atoms with Gasteiger partial charge in [0.25, 0.3) is 15.9 Å². The molecule has 160 valence electrons. The highest BCUT2D eigenvalue weighted by Gasteiger charge is 2.14. The van der Waals surface area contributed by atoms with E-state index in [0.717, 1.165) is 10.8 Å². The number of amides is 1. The molecule has 0 aliphatic carbocycles. The zero-order valence-electron chi connectivity index (χ0n) is 17.2. The van der Waals surface area contributed by atoms with Crippen LogP contribution in [0.4, 0.5) is 5.69 Å². The number of anilines is 1. The van der Waals surface area contributed by atoms with Crippen molar-refractivity contribution in [3.8, 4) is 0 Å². The summed E-state index contributed by atoms with van der Waals surface area (Å²) in [5.41, 5.74) is 2.11. The van der Waals surface area contributed by atoms with Crippen LogP contribution >= 0.6 is 0 Å². The summed E-state index contributed by atoms with van der Waals surface area (Å²) in [6.45, 7) is 1.69. The monoisotopic (exact) mass is 444 g/mol. The number of sulfonamides is 1. The zero-order chi connectivity index (χ0) is 22.6. The Kier molecular flexibility index (Phi) is 5.96. The molecule has 0 aliphatic rings. The Bertz CT molecular complexity index is 1420. The Morgan fingerprint density at radius 1 is 0.875 bits per heavy atom. The molecule has 2 N–H and O–H groups in total. The number of nitrogens with one attached hydrogen (secondary N) is 2. The van der Waals surface area contributed by atoms with E-state index in [9.17, 15) is 13.2 Å². The van der Waals surface area contributed by atoms with Crippen molar-refractivity contribution in [1.29, 1.82) is 0 Å². The third-order valence-corrected chi connectivity index (χ3v) is 6.03. The molecule has 1 aromatic heterocycles. The summed E-state index contributed by atoms with van der Waals surface area (Å²) in [4.78, 5) is 18.7. The van der Waals surface area contributed by atoms with Crippen LogP contribution in [-0.4, -0.2) is 25.0 Å². The molecule has 8 heteroatoms. The molecule has 1 heterocycles.